The van der Waals surface area contributed by atoms with Crippen LogP contribution in [0.5, 0.6) is 0 Å². The van der Waals surface area contributed by atoms with Crippen molar-refractivity contribution in [2.24, 2.45) is 5.92 Å². The molecule has 1 amide bonds. The molecular weight excluding hydrogens is 358 g/mol. The maximum atomic E-state index is 12.6. The van der Waals surface area contributed by atoms with Crippen molar-refractivity contribution in [3.63, 3.8) is 0 Å². The molecule has 1 N–H and O–H groups in total. The van der Waals surface area contributed by atoms with Gasteiger partial charge in [-0.2, -0.15) is 0 Å². The number of aromatic nitrogens is 1. The quantitative estimate of drug-likeness (QED) is 0.860. The molecule has 144 valence electrons. The fourth-order valence-corrected chi connectivity index (χ4v) is 4.57. The third-order valence-corrected chi connectivity index (χ3v) is 6.38. The molecule has 2 aliphatic rings. The highest BCUT2D eigenvalue weighted by atomic mass is 32.1. The van der Waals surface area contributed by atoms with Crippen molar-refractivity contribution >= 4 is 17.2 Å². The Morgan fingerprint density at radius 2 is 2.07 bits per heavy atom. The fourth-order valence-electron chi connectivity index (χ4n) is 3.96. The Hall–Kier alpha value is -1.76. The van der Waals surface area contributed by atoms with Crippen molar-refractivity contribution in [1.82, 2.24) is 15.2 Å². The number of aryl methyl sites for hydroxylation is 1. The second-order valence-corrected chi connectivity index (χ2v) is 8.62. The third-order valence-electron chi connectivity index (χ3n) is 5.56. The molecular formula is C21H27N3O2S. The van der Waals surface area contributed by atoms with Crippen molar-refractivity contribution in [1.29, 1.82) is 0 Å². The third kappa shape index (κ3) is 4.75. The first-order valence-corrected chi connectivity index (χ1v) is 10.6. The van der Waals surface area contributed by atoms with E-state index in [1.54, 1.807) is 11.3 Å². The average molecular weight is 386 g/mol. The average Bonchev–Trinajstić information content (AvgIpc) is 3.11. The highest BCUT2D eigenvalue weighted by Crippen LogP contribution is 2.22. The predicted molar refractivity (Wildman–Crippen MR) is 107 cm³/mol. The molecule has 0 spiro atoms. The number of likely N-dealkylation sites (tertiary alicyclic amines) is 1. The molecule has 6 heteroatoms. The Kier molecular flexibility index (Phi) is 5.86. The van der Waals surface area contributed by atoms with Gasteiger partial charge < -0.3 is 10.1 Å². The Morgan fingerprint density at radius 1 is 1.30 bits per heavy atom. The maximum Gasteiger partial charge on any atom is 0.223 e. The van der Waals surface area contributed by atoms with Gasteiger partial charge in [0.15, 0.2) is 0 Å². The highest BCUT2D eigenvalue weighted by Gasteiger charge is 2.26. The number of hydrogen-bond donors (Lipinski definition) is 1. The van der Waals surface area contributed by atoms with Gasteiger partial charge in [-0.05, 0) is 44.0 Å². The number of piperidine rings is 1. The molecule has 1 aromatic heterocycles. The normalized spacial score (nSPS) is 21.0. The van der Waals surface area contributed by atoms with Crippen molar-refractivity contribution in [2.75, 3.05) is 19.6 Å². The van der Waals surface area contributed by atoms with E-state index in [9.17, 15) is 4.79 Å². The molecule has 2 aliphatic heterocycles. The van der Waals surface area contributed by atoms with Crippen molar-refractivity contribution < 1.29 is 9.53 Å². The molecule has 27 heavy (non-hydrogen) atoms. The van der Waals surface area contributed by atoms with Crippen LogP contribution >= 0.6 is 11.3 Å². The minimum atomic E-state index is 0.0804. The first kappa shape index (κ1) is 18.6. The molecule has 0 unspecified atom stereocenters. The zero-order chi connectivity index (χ0) is 18.6. The molecule has 5 nitrogen and oxygen atoms in total. The minimum absolute atomic E-state index is 0.0804. The first-order chi connectivity index (χ1) is 13.2. The molecule has 0 bridgehead atoms. The van der Waals surface area contributed by atoms with Crippen LogP contribution in [0.25, 0.3) is 0 Å². The van der Waals surface area contributed by atoms with Crippen LogP contribution in [0.2, 0.25) is 0 Å². The lowest BCUT2D eigenvalue weighted by Gasteiger charge is -2.31. The number of benzene rings is 1. The molecule has 0 radical (unpaired) electrons. The molecule has 1 fully saturated rings. The van der Waals surface area contributed by atoms with E-state index in [0.717, 1.165) is 49.6 Å². The van der Waals surface area contributed by atoms with E-state index in [1.165, 1.54) is 11.1 Å². The lowest BCUT2D eigenvalue weighted by Crippen LogP contribution is -2.43. The molecule has 3 heterocycles. The van der Waals surface area contributed by atoms with Gasteiger partial charge >= 0.3 is 0 Å². The van der Waals surface area contributed by atoms with E-state index in [4.69, 9.17) is 4.74 Å². The number of carbonyl (C=O) groups is 1. The van der Waals surface area contributed by atoms with Gasteiger partial charge in [-0.15, -0.1) is 11.3 Å². The summed E-state index contributed by atoms with van der Waals surface area (Å²) in [7, 11) is 0. The number of fused-ring (bicyclic) bond motifs is 1. The lowest BCUT2D eigenvalue weighted by atomic mass is 9.95. The van der Waals surface area contributed by atoms with Gasteiger partial charge in [0.25, 0.3) is 0 Å². The second kappa shape index (κ2) is 8.50. The van der Waals surface area contributed by atoms with Crippen LogP contribution in [-0.2, 0) is 29.1 Å². The Labute approximate surface area is 164 Å². The number of rotatable bonds is 5. The standard InChI is InChI=1S/C21H27N3O2S/c1-15-23-19(14-27-15)12-24-8-6-16(7-9-24)21(25)22-11-20-10-17-4-2-3-5-18(17)13-26-20/h2-5,14,16,20H,6-13H2,1H3,(H,22,25)/t20-/m0/s1. The first-order valence-electron chi connectivity index (χ1n) is 9.77. The van der Waals surface area contributed by atoms with E-state index >= 15 is 0 Å². The summed E-state index contributed by atoms with van der Waals surface area (Å²) >= 11 is 1.70. The van der Waals surface area contributed by atoms with Crippen LogP contribution in [0.1, 0.15) is 34.7 Å². The summed E-state index contributed by atoms with van der Waals surface area (Å²) < 4.78 is 5.90. The maximum absolute atomic E-state index is 12.6. The van der Waals surface area contributed by atoms with Crippen LogP contribution in [0.4, 0.5) is 0 Å². The van der Waals surface area contributed by atoms with E-state index in [1.807, 2.05) is 13.0 Å². The molecule has 0 saturated carbocycles. The zero-order valence-corrected chi connectivity index (χ0v) is 16.6. The molecule has 1 atom stereocenters. The summed E-state index contributed by atoms with van der Waals surface area (Å²) in [5.74, 6) is 0.302. The van der Waals surface area contributed by atoms with E-state index < -0.39 is 0 Å². The van der Waals surface area contributed by atoms with Gasteiger partial charge in [-0.3, -0.25) is 9.69 Å². The molecule has 1 aromatic carbocycles. The van der Waals surface area contributed by atoms with Gasteiger partial charge in [0.05, 0.1) is 23.4 Å². The highest BCUT2D eigenvalue weighted by molar-refractivity contribution is 7.09. The van der Waals surface area contributed by atoms with Gasteiger partial charge in [0.1, 0.15) is 0 Å². The minimum Gasteiger partial charge on any atom is -0.371 e. The summed E-state index contributed by atoms with van der Waals surface area (Å²) in [6, 6.07) is 8.39. The van der Waals surface area contributed by atoms with Gasteiger partial charge in [-0.25, -0.2) is 4.98 Å². The molecule has 1 saturated heterocycles. The lowest BCUT2D eigenvalue weighted by molar-refractivity contribution is -0.127. The Bertz CT molecular complexity index is 783. The second-order valence-electron chi connectivity index (χ2n) is 7.56. The Morgan fingerprint density at radius 3 is 2.81 bits per heavy atom. The topological polar surface area (TPSA) is 54.5 Å². The number of thiazole rings is 1. The number of ether oxygens (including phenoxy) is 1. The molecule has 0 aliphatic carbocycles. The predicted octanol–water partition coefficient (Wildman–Crippen LogP) is 2.92. The number of amides is 1. The monoisotopic (exact) mass is 385 g/mol. The molecule has 4 rings (SSSR count). The summed E-state index contributed by atoms with van der Waals surface area (Å²) in [6.07, 6.45) is 2.80. The Balaban J connectivity index is 1.20. The van der Waals surface area contributed by atoms with Crippen LogP contribution in [-0.4, -0.2) is 41.5 Å². The summed E-state index contributed by atoms with van der Waals surface area (Å²) in [4.78, 5) is 19.5. The number of carbonyl (C=O) groups excluding carboxylic acids is 1. The van der Waals surface area contributed by atoms with E-state index in [-0.39, 0.29) is 17.9 Å². The fraction of sp³-hybridized carbons (Fsp3) is 0.524. The van der Waals surface area contributed by atoms with Gasteiger partial charge in [0.2, 0.25) is 5.91 Å². The van der Waals surface area contributed by atoms with Crippen molar-refractivity contribution in [3.05, 3.63) is 51.5 Å². The number of nitrogens with zero attached hydrogens (tertiary/aromatic N) is 2. The largest absolute Gasteiger partial charge is 0.371 e. The van der Waals surface area contributed by atoms with Crippen LogP contribution in [0.15, 0.2) is 29.6 Å². The summed E-state index contributed by atoms with van der Waals surface area (Å²) in [5, 5.41) is 6.38. The van der Waals surface area contributed by atoms with Crippen LogP contribution in [0.3, 0.4) is 0 Å². The number of nitrogens with one attached hydrogen (secondary N) is 1. The molecule has 2 aromatic rings. The van der Waals surface area contributed by atoms with E-state index in [2.05, 4.69) is 38.8 Å². The summed E-state index contributed by atoms with van der Waals surface area (Å²) in [5.41, 5.74) is 3.76. The SMILES string of the molecule is Cc1nc(CN2CCC(C(=O)NC[C@@H]3Cc4ccccc4CO3)CC2)cs1. The van der Waals surface area contributed by atoms with Crippen LogP contribution < -0.4 is 5.32 Å². The van der Waals surface area contributed by atoms with Crippen LogP contribution in [0, 0.1) is 12.8 Å². The summed E-state index contributed by atoms with van der Waals surface area (Å²) in [6.45, 7) is 6.11. The van der Waals surface area contributed by atoms with Crippen molar-refractivity contribution in [2.45, 2.75) is 45.4 Å². The van der Waals surface area contributed by atoms with Gasteiger partial charge in [0, 0.05) is 30.8 Å². The number of hydrogen-bond acceptors (Lipinski definition) is 5. The van der Waals surface area contributed by atoms with Gasteiger partial charge in [-0.1, -0.05) is 24.3 Å². The van der Waals surface area contributed by atoms with Crippen molar-refractivity contribution in [3.8, 4) is 0 Å². The zero-order valence-electron chi connectivity index (χ0n) is 15.8. The smallest absolute Gasteiger partial charge is 0.223 e. The van der Waals surface area contributed by atoms with E-state index in [0.29, 0.717) is 13.2 Å².